The number of aryl methyl sites for hydroxylation is 1. The van der Waals surface area contributed by atoms with E-state index in [1.165, 1.54) is 19.2 Å². The molecule has 1 fully saturated rings. The van der Waals surface area contributed by atoms with Gasteiger partial charge in [0.2, 0.25) is 0 Å². The largest absolute Gasteiger partial charge is 0.497 e. The summed E-state index contributed by atoms with van der Waals surface area (Å²) < 4.78 is 61.1. The molecule has 0 radical (unpaired) electrons. The highest BCUT2D eigenvalue weighted by Crippen LogP contribution is 2.67. The van der Waals surface area contributed by atoms with Crippen molar-refractivity contribution in [1.82, 2.24) is 9.55 Å². The van der Waals surface area contributed by atoms with Crippen molar-refractivity contribution in [2.75, 3.05) is 13.7 Å². The summed E-state index contributed by atoms with van der Waals surface area (Å²) in [5.74, 6) is 5.65. The lowest BCUT2D eigenvalue weighted by molar-refractivity contribution is -0.0542. The number of rotatable bonds is 10. The summed E-state index contributed by atoms with van der Waals surface area (Å²) in [4.78, 5) is 56.7. The van der Waals surface area contributed by atoms with Gasteiger partial charge < -0.3 is 34.4 Å². The Hall–Kier alpha value is -3.19. The van der Waals surface area contributed by atoms with Gasteiger partial charge in [0.25, 0.3) is 5.56 Å². The summed E-state index contributed by atoms with van der Waals surface area (Å²) in [7, 11) is -15.0. The number of ether oxygens (including phenoxy) is 2. The minimum Gasteiger partial charge on any atom is -0.497 e. The fourth-order valence-corrected chi connectivity index (χ4v) is 7.91. The summed E-state index contributed by atoms with van der Waals surface area (Å²) in [6.07, 6.45) is -5.97. The zero-order valence-corrected chi connectivity index (χ0v) is 26.0. The fourth-order valence-electron chi connectivity index (χ4n) is 3.93. The van der Waals surface area contributed by atoms with Crippen molar-refractivity contribution in [2.24, 2.45) is 0 Å². The van der Waals surface area contributed by atoms with Crippen molar-refractivity contribution in [3.05, 3.63) is 92.3 Å². The van der Waals surface area contributed by atoms with E-state index in [0.717, 1.165) is 28.5 Å². The van der Waals surface area contributed by atoms with Crippen LogP contribution in [0.3, 0.4) is 0 Å². The minimum atomic E-state index is -5.74. The summed E-state index contributed by atoms with van der Waals surface area (Å²) >= 11 is 0. The Morgan fingerprint density at radius 1 is 0.911 bits per heavy atom. The van der Waals surface area contributed by atoms with E-state index in [-0.39, 0.29) is 11.3 Å². The van der Waals surface area contributed by atoms with Crippen LogP contribution in [-0.4, -0.2) is 66.5 Å². The lowest BCUT2D eigenvalue weighted by Crippen LogP contribution is -2.38. The Labute approximate surface area is 254 Å². The number of phosphoric ester groups is 1. The molecule has 1 aliphatic rings. The number of aliphatic hydroxyl groups is 2. The SMILES string of the molecule is COc1ccc(P(=O)(O)OP(=O)(O)OP(=O)(O)OCC2OC(n3cc(C#Cc4ccc(C)cc4)c(=O)[nH]c3=O)C(O)C2O)cc1. The van der Waals surface area contributed by atoms with Gasteiger partial charge in [0, 0.05) is 11.8 Å². The van der Waals surface area contributed by atoms with Crippen LogP contribution in [-0.2, 0) is 31.6 Å². The second-order valence-electron chi connectivity index (χ2n) is 9.49. The molecule has 2 heterocycles. The molecular weight excluding hydrogens is 661 g/mol. The number of hydrogen-bond donors (Lipinski definition) is 6. The minimum absolute atomic E-state index is 0.192. The average molecular weight is 688 g/mol. The van der Waals surface area contributed by atoms with Gasteiger partial charge >= 0.3 is 28.9 Å². The third-order valence-corrected chi connectivity index (χ3v) is 11.0. The molecule has 6 N–H and O–H groups in total. The monoisotopic (exact) mass is 688 g/mol. The van der Waals surface area contributed by atoms with Gasteiger partial charge in [-0.1, -0.05) is 29.5 Å². The van der Waals surface area contributed by atoms with Crippen LogP contribution in [0.15, 0.2) is 64.3 Å². The molecule has 7 atom stereocenters. The van der Waals surface area contributed by atoms with Crippen LogP contribution in [0.4, 0.5) is 0 Å². The Morgan fingerprint density at radius 3 is 2.18 bits per heavy atom. The van der Waals surface area contributed by atoms with Crippen molar-refractivity contribution in [3.63, 3.8) is 0 Å². The molecular formula is C25H27N2O15P3. The van der Waals surface area contributed by atoms with E-state index in [2.05, 4.69) is 25.0 Å². The molecule has 0 amide bonds. The summed E-state index contributed by atoms with van der Waals surface area (Å²) in [5.41, 5.74) is -0.517. The van der Waals surface area contributed by atoms with Gasteiger partial charge in [0.1, 0.15) is 29.6 Å². The van der Waals surface area contributed by atoms with E-state index in [4.69, 9.17) is 9.47 Å². The zero-order valence-electron chi connectivity index (χ0n) is 23.3. The summed E-state index contributed by atoms with van der Waals surface area (Å²) in [5, 5.41) is 20.5. The normalized spacial score (nSPS) is 23.6. The Balaban J connectivity index is 1.43. The molecule has 45 heavy (non-hydrogen) atoms. The maximum atomic E-state index is 12.5. The van der Waals surface area contributed by atoms with E-state index in [9.17, 15) is 48.2 Å². The molecule has 0 saturated carbocycles. The van der Waals surface area contributed by atoms with Crippen molar-refractivity contribution in [3.8, 4) is 17.6 Å². The van der Waals surface area contributed by atoms with Crippen molar-refractivity contribution in [2.45, 2.75) is 31.5 Å². The van der Waals surface area contributed by atoms with Crippen LogP contribution in [0.1, 0.15) is 22.9 Å². The van der Waals surface area contributed by atoms with Gasteiger partial charge in [-0.05, 0) is 43.3 Å². The van der Waals surface area contributed by atoms with Gasteiger partial charge in [0.15, 0.2) is 6.23 Å². The van der Waals surface area contributed by atoms with Gasteiger partial charge in [-0.2, -0.15) is 4.31 Å². The molecule has 1 aromatic heterocycles. The molecule has 242 valence electrons. The number of H-pyrrole nitrogens is 1. The third kappa shape index (κ3) is 8.75. The summed E-state index contributed by atoms with van der Waals surface area (Å²) in [6.45, 7) is 0.819. The molecule has 2 aromatic carbocycles. The lowest BCUT2D eigenvalue weighted by Gasteiger charge is -2.20. The maximum absolute atomic E-state index is 12.5. The van der Waals surface area contributed by atoms with Crippen LogP contribution < -0.4 is 21.3 Å². The smallest absolute Gasteiger partial charge is 0.488 e. The topological polar surface area (TPSA) is 253 Å². The van der Waals surface area contributed by atoms with Crippen LogP contribution >= 0.6 is 23.2 Å². The first-order chi connectivity index (χ1) is 21.0. The average Bonchev–Trinajstić information content (AvgIpc) is 3.24. The molecule has 17 nitrogen and oxygen atoms in total. The molecule has 1 saturated heterocycles. The first kappa shape index (κ1) is 34.7. The van der Waals surface area contributed by atoms with Gasteiger partial charge in [0.05, 0.1) is 19.0 Å². The molecule has 3 aromatic rings. The number of hydrogen-bond acceptors (Lipinski definition) is 12. The highest BCUT2D eigenvalue weighted by Gasteiger charge is 2.47. The Kier molecular flexibility index (Phi) is 10.5. The molecule has 0 spiro atoms. The molecule has 7 unspecified atom stereocenters. The number of aliphatic hydroxyl groups excluding tert-OH is 2. The number of aromatic amines is 1. The lowest BCUT2D eigenvalue weighted by atomic mass is 10.1. The van der Waals surface area contributed by atoms with Crippen molar-refractivity contribution < 1.29 is 61.2 Å². The summed E-state index contributed by atoms with van der Waals surface area (Å²) in [6, 6.07) is 11.6. The van der Waals surface area contributed by atoms with E-state index < -0.39 is 70.9 Å². The van der Waals surface area contributed by atoms with E-state index >= 15 is 0 Å². The van der Waals surface area contributed by atoms with Gasteiger partial charge in [-0.15, -0.1) is 0 Å². The Bertz CT molecular complexity index is 1860. The maximum Gasteiger partial charge on any atom is 0.488 e. The molecule has 20 heteroatoms. The van der Waals surface area contributed by atoms with Crippen molar-refractivity contribution >= 4 is 28.5 Å². The first-order valence-corrected chi connectivity index (χ1v) is 17.2. The second-order valence-corrected chi connectivity index (χ2v) is 14.5. The van der Waals surface area contributed by atoms with Crippen molar-refractivity contribution in [1.29, 1.82) is 0 Å². The Morgan fingerprint density at radius 2 is 1.56 bits per heavy atom. The van der Waals surface area contributed by atoms with E-state index in [1.54, 1.807) is 24.3 Å². The predicted octanol–water partition coefficient (Wildman–Crippen LogP) is 0.634. The standard InChI is InChI=1S/C25H27N2O15P3/c1-15-3-5-16(6-4-15)7-8-17-13-27(25(31)26-23(17)30)24-22(29)21(28)20(40-24)14-39-44(34,35)42-45(36,37)41-43(32,33)19-11-9-18(38-2)10-12-19/h3-6,9-13,20-22,24,28-29H,14H2,1-2H3,(H,32,33)(H,34,35)(H,36,37)(H,26,30,31). The molecule has 0 aliphatic carbocycles. The number of methoxy groups -OCH3 is 1. The van der Waals surface area contributed by atoms with Crippen LogP contribution in [0.25, 0.3) is 0 Å². The molecule has 0 bridgehead atoms. The number of benzene rings is 2. The number of phosphoric acid groups is 2. The number of aromatic nitrogens is 2. The van der Waals surface area contributed by atoms with Crippen LogP contribution in [0.5, 0.6) is 5.75 Å². The first-order valence-electron chi connectivity index (χ1n) is 12.7. The van der Waals surface area contributed by atoms with E-state index in [0.29, 0.717) is 5.56 Å². The van der Waals surface area contributed by atoms with E-state index in [1.807, 2.05) is 11.9 Å². The molecule has 1 aliphatic heterocycles. The van der Waals surface area contributed by atoms with Crippen LogP contribution in [0.2, 0.25) is 0 Å². The molecule has 4 rings (SSSR count). The zero-order chi connectivity index (χ0) is 33.2. The van der Waals surface area contributed by atoms with Crippen LogP contribution in [0, 0.1) is 18.8 Å². The fraction of sp³-hybridized carbons (Fsp3) is 0.280. The predicted molar refractivity (Wildman–Crippen MR) is 155 cm³/mol. The van der Waals surface area contributed by atoms with Gasteiger partial charge in [-0.25, -0.2) is 18.2 Å². The highest BCUT2D eigenvalue weighted by atomic mass is 31.3. The third-order valence-electron chi connectivity index (χ3n) is 6.19. The second kappa shape index (κ2) is 13.7. The quantitative estimate of drug-likeness (QED) is 0.126. The van der Waals surface area contributed by atoms with Gasteiger partial charge in [-0.3, -0.25) is 23.4 Å². The number of nitrogens with zero attached hydrogens (tertiary/aromatic N) is 1. The number of nitrogens with one attached hydrogen (secondary N) is 1. The highest BCUT2D eigenvalue weighted by molar-refractivity contribution is 7.71.